The van der Waals surface area contributed by atoms with E-state index in [0.717, 1.165) is 17.5 Å². The Balaban J connectivity index is 2.12. The van der Waals surface area contributed by atoms with Gasteiger partial charge in [0.05, 0.1) is 0 Å². The van der Waals surface area contributed by atoms with E-state index in [1.165, 1.54) is 19.3 Å². The van der Waals surface area contributed by atoms with Crippen LogP contribution in [0.3, 0.4) is 0 Å². The molecule has 0 aromatic heterocycles. The van der Waals surface area contributed by atoms with Gasteiger partial charge in [-0.05, 0) is 6.42 Å². The van der Waals surface area contributed by atoms with Gasteiger partial charge in [-0.2, -0.15) is 0 Å². The summed E-state index contributed by atoms with van der Waals surface area (Å²) in [7, 11) is 0. The Bertz CT molecular complexity index is 146. The van der Waals surface area contributed by atoms with Crippen LogP contribution in [0.25, 0.3) is 0 Å². The van der Waals surface area contributed by atoms with Crippen molar-refractivity contribution >= 4 is 23.5 Å². The summed E-state index contributed by atoms with van der Waals surface area (Å²) in [5.41, 5.74) is -1.25. The second-order valence-corrected chi connectivity index (χ2v) is 5.74. The van der Waals surface area contributed by atoms with E-state index in [1.54, 1.807) is 11.8 Å². The summed E-state index contributed by atoms with van der Waals surface area (Å²) in [5.74, 6) is 1.09. The molecule has 13 heavy (non-hydrogen) atoms. The molecule has 3 N–H and O–H groups in total. The van der Waals surface area contributed by atoms with Gasteiger partial charge in [-0.1, -0.05) is 31.5 Å². The molecule has 78 valence electrons. The number of rotatable bonds is 5. The van der Waals surface area contributed by atoms with Gasteiger partial charge in [0, 0.05) is 11.8 Å². The van der Waals surface area contributed by atoms with Gasteiger partial charge < -0.3 is 10.2 Å². The van der Waals surface area contributed by atoms with Gasteiger partial charge in [-0.3, -0.25) is 5.32 Å². The fourth-order valence-electron chi connectivity index (χ4n) is 1.30. The molecule has 0 aliphatic carbocycles. The fourth-order valence-corrected chi connectivity index (χ4v) is 3.60. The third-order valence-electron chi connectivity index (χ3n) is 1.97. The van der Waals surface area contributed by atoms with Crippen LogP contribution < -0.4 is 5.32 Å². The number of hydrogen-bond donors (Lipinski definition) is 3. The van der Waals surface area contributed by atoms with Crippen LogP contribution in [0.5, 0.6) is 0 Å². The highest BCUT2D eigenvalue weighted by Gasteiger charge is 2.25. The van der Waals surface area contributed by atoms with Crippen LogP contribution in [-0.4, -0.2) is 32.3 Å². The first-order chi connectivity index (χ1) is 6.22. The van der Waals surface area contributed by atoms with E-state index in [0.29, 0.717) is 6.04 Å². The maximum absolute atomic E-state index is 8.74. The zero-order chi connectivity index (χ0) is 9.68. The van der Waals surface area contributed by atoms with E-state index in [9.17, 15) is 0 Å². The highest BCUT2D eigenvalue weighted by Crippen LogP contribution is 2.30. The number of nitrogens with one attached hydrogen (secondary N) is 1. The molecule has 1 aliphatic rings. The van der Waals surface area contributed by atoms with E-state index in [4.69, 9.17) is 10.2 Å². The minimum atomic E-state index is -1.25. The summed E-state index contributed by atoms with van der Waals surface area (Å²) in [6.45, 7) is 2.19. The van der Waals surface area contributed by atoms with Crippen molar-refractivity contribution in [3.63, 3.8) is 0 Å². The highest BCUT2D eigenvalue weighted by atomic mass is 32.2. The molecule has 0 aromatic carbocycles. The average molecular weight is 223 g/mol. The second kappa shape index (κ2) is 6.14. The first kappa shape index (κ1) is 11.7. The summed E-state index contributed by atoms with van der Waals surface area (Å²) in [4.78, 5) is 0. The first-order valence-electron chi connectivity index (χ1n) is 4.61. The fraction of sp³-hybridized carbons (Fsp3) is 1.00. The lowest BCUT2D eigenvalue weighted by Crippen LogP contribution is -2.29. The van der Waals surface area contributed by atoms with Gasteiger partial charge in [0.25, 0.3) is 0 Å². The Morgan fingerprint density at radius 3 is 3.00 bits per heavy atom. The smallest absolute Gasteiger partial charge is 0.204 e. The standard InChI is InChI=1S/C8H17NO2S2/c1-2-3-4-6-5-12-7(9-6)13-8(10)11/h6-11H,2-5H2,1H3. The molecule has 0 bridgehead atoms. The van der Waals surface area contributed by atoms with Crippen molar-refractivity contribution in [1.29, 1.82) is 0 Å². The van der Waals surface area contributed by atoms with Crippen molar-refractivity contribution in [2.24, 2.45) is 0 Å². The number of aliphatic hydroxyl groups excluding tert-OH is 1. The topological polar surface area (TPSA) is 52.5 Å². The van der Waals surface area contributed by atoms with Crippen LogP contribution in [0.1, 0.15) is 26.2 Å². The monoisotopic (exact) mass is 223 g/mol. The van der Waals surface area contributed by atoms with Gasteiger partial charge >= 0.3 is 0 Å². The number of aliphatic hydroxyl groups is 2. The molecule has 5 heteroatoms. The molecule has 0 aromatic rings. The molecule has 2 atom stereocenters. The third-order valence-corrected chi connectivity index (χ3v) is 4.37. The Morgan fingerprint density at radius 1 is 1.62 bits per heavy atom. The molecule has 0 amide bonds. The molecular formula is C8H17NO2S2. The van der Waals surface area contributed by atoms with Crippen LogP contribution in [0.2, 0.25) is 0 Å². The van der Waals surface area contributed by atoms with E-state index < -0.39 is 5.62 Å². The summed E-state index contributed by atoms with van der Waals surface area (Å²) in [6.07, 6.45) is 3.67. The second-order valence-electron chi connectivity index (χ2n) is 3.13. The molecule has 3 nitrogen and oxygen atoms in total. The largest absolute Gasteiger partial charge is 0.360 e. The average Bonchev–Trinajstić information content (AvgIpc) is 2.48. The highest BCUT2D eigenvalue weighted by molar-refractivity contribution is 8.17. The predicted molar refractivity (Wildman–Crippen MR) is 58.5 cm³/mol. The Morgan fingerprint density at radius 2 is 2.38 bits per heavy atom. The minimum Gasteiger partial charge on any atom is -0.360 e. The van der Waals surface area contributed by atoms with Crippen molar-refractivity contribution in [2.75, 3.05) is 5.75 Å². The molecule has 1 aliphatic heterocycles. The van der Waals surface area contributed by atoms with Crippen LogP contribution in [0.15, 0.2) is 0 Å². The van der Waals surface area contributed by atoms with Gasteiger partial charge in [0.1, 0.15) is 4.71 Å². The van der Waals surface area contributed by atoms with E-state index >= 15 is 0 Å². The van der Waals surface area contributed by atoms with Crippen molar-refractivity contribution in [3.05, 3.63) is 0 Å². The number of unbranched alkanes of at least 4 members (excludes halogenated alkanes) is 1. The Labute approximate surface area is 87.7 Å². The molecule has 0 saturated carbocycles. The molecule has 2 unspecified atom stereocenters. The lowest BCUT2D eigenvalue weighted by molar-refractivity contribution is 0.0403. The number of thioether (sulfide) groups is 2. The van der Waals surface area contributed by atoms with Gasteiger partial charge in [-0.25, -0.2) is 0 Å². The minimum absolute atomic E-state index is 0.154. The van der Waals surface area contributed by atoms with Gasteiger partial charge in [-0.15, -0.1) is 11.8 Å². The summed E-state index contributed by atoms with van der Waals surface area (Å²) in [5, 5.41) is 20.8. The summed E-state index contributed by atoms with van der Waals surface area (Å²) >= 11 is 2.92. The van der Waals surface area contributed by atoms with Crippen molar-refractivity contribution < 1.29 is 10.2 Å². The Hall–Kier alpha value is 0.580. The molecule has 0 radical (unpaired) electrons. The van der Waals surface area contributed by atoms with Crippen molar-refractivity contribution in [2.45, 2.75) is 42.6 Å². The lowest BCUT2D eigenvalue weighted by atomic mass is 10.1. The van der Waals surface area contributed by atoms with E-state index in [2.05, 4.69) is 12.2 Å². The molecule has 1 rings (SSSR count). The molecular weight excluding hydrogens is 206 g/mol. The van der Waals surface area contributed by atoms with Gasteiger partial charge in [0.2, 0.25) is 5.62 Å². The van der Waals surface area contributed by atoms with Crippen molar-refractivity contribution in [3.8, 4) is 0 Å². The molecule has 1 fully saturated rings. The predicted octanol–water partition coefficient (Wildman–Crippen LogP) is 1.17. The van der Waals surface area contributed by atoms with E-state index in [1.807, 2.05) is 0 Å². The number of hydrogen-bond acceptors (Lipinski definition) is 5. The van der Waals surface area contributed by atoms with E-state index in [-0.39, 0.29) is 4.71 Å². The van der Waals surface area contributed by atoms with Crippen LogP contribution >= 0.6 is 23.5 Å². The normalized spacial score (nSPS) is 28.6. The zero-order valence-electron chi connectivity index (χ0n) is 7.77. The summed E-state index contributed by atoms with van der Waals surface area (Å²) < 4.78 is 0.154. The maximum atomic E-state index is 8.74. The van der Waals surface area contributed by atoms with Gasteiger partial charge in [0.15, 0.2) is 0 Å². The molecule has 1 heterocycles. The Kier molecular flexibility index (Phi) is 5.50. The molecule has 0 spiro atoms. The van der Waals surface area contributed by atoms with Crippen LogP contribution in [0, 0.1) is 0 Å². The SMILES string of the molecule is CCCCC1CSC(SC(O)O)N1. The maximum Gasteiger partial charge on any atom is 0.204 e. The summed E-state index contributed by atoms with van der Waals surface area (Å²) in [6, 6.07) is 0.557. The van der Waals surface area contributed by atoms with Crippen LogP contribution in [-0.2, 0) is 0 Å². The van der Waals surface area contributed by atoms with Crippen LogP contribution in [0.4, 0.5) is 0 Å². The zero-order valence-corrected chi connectivity index (χ0v) is 9.40. The lowest BCUT2D eigenvalue weighted by Gasteiger charge is -2.12. The molecule has 1 saturated heterocycles. The third kappa shape index (κ3) is 4.56. The quantitative estimate of drug-likeness (QED) is 0.611. The van der Waals surface area contributed by atoms with Crippen molar-refractivity contribution in [1.82, 2.24) is 5.32 Å². The first-order valence-corrected chi connectivity index (χ1v) is 6.60.